The van der Waals surface area contributed by atoms with Crippen LogP contribution in [0.4, 0.5) is 4.79 Å². The van der Waals surface area contributed by atoms with E-state index in [0.29, 0.717) is 32.7 Å². The van der Waals surface area contributed by atoms with Gasteiger partial charge in [-0.3, -0.25) is 14.5 Å². The number of rotatable bonds is 7. The molecule has 3 rings (SSSR count). The van der Waals surface area contributed by atoms with Crippen LogP contribution in [0.1, 0.15) is 22.6 Å². The fourth-order valence-corrected chi connectivity index (χ4v) is 3.36. The molecular formula is C22H24N2O6. The van der Waals surface area contributed by atoms with E-state index < -0.39 is 17.9 Å². The molecule has 1 aliphatic heterocycles. The number of aliphatic carboxylic acids is 2. The first-order valence-corrected chi connectivity index (χ1v) is 9.66. The third-order valence-corrected chi connectivity index (χ3v) is 5.05. The molecule has 30 heavy (non-hydrogen) atoms. The maximum Gasteiger partial charge on any atom is 0.410 e. The molecule has 0 atom stereocenters. The smallest absolute Gasteiger partial charge is 0.410 e. The lowest BCUT2D eigenvalue weighted by atomic mass is 9.98. The first kappa shape index (κ1) is 21.3. The Labute approximate surface area is 174 Å². The average molecular weight is 412 g/mol. The van der Waals surface area contributed by atoms with Crippen molar-refractivity contribution in [3.8, 4) is 0 Å². The van der Waals surface area contributed by atoms with Crippen molar-refractivity contribution in [2.75, 3.05) is 26.2 Å². The minimum absolute atomic E-state index is 0.240. The Morgan fingerprint density at radius 2 is 1.43 bits per heavy atom. The van der Waals surface area contributed by atoms with Crippen LogP contribution in [-0.4, -0.2) is 64.2 Å². The number of benzene rings is 2. The van der Waals surface area contributed by atoms with Gasteiger partial charge in [0, 0.05) is 32.7 Å². The second-order valence-electron chi connectivity index (χ2n) is 7.15. The van der Waals surface area contributed by atoms with Crippen LogP contribution in [0.2, 0.25) is 0 Å². The molecule has 1 fully saturated rings. The molecule has 0 radical (unpaired) electrons. The standard InChI is InChI=1S/C22H24N2O6/c25-20(26)19(21(27)28)18-8-6-16(7-9-18)14-23-10-12-24(13-11-23)22(29)30-15-17-4-2-1-3-5-17/h1-9,19H,10-15H2,(H,25,26)(H,27,28). The van der Waals surface area contributed by atoms with Crippen molar-refractivity contribution in [2.24, 2.45) is 0 Å². The number of piperazine rings is 1. The Bertz CT molecular complexity index is 862. The van der Waals surface area contributed by atoms with Gasteiger partial charge in [0.2, 0.25) is 0 Å². The van der Waals surface area contributed by atoms with Crippen LogP contribution in [0.5, 0.6) is 0 Å². The molecule has 8 heteroatoms. The molecule has 8 nitrogen and oxygen atoms in total. The zero-order valence-electron chi connectivity index (χ0n) is 16.4. The summed E-state index contributed by atoms with van der Waals surface area (Å²) in [6.45, 7) is 3.39. The number of carbonyl (C=O) groups is 3. The highest BCUT2D eigenvalue weighted by Gasteiger charge is 2.28. The van der Waals surface area contributed by atoms with Gasteiger partial charge in [-0.1, -0.05) is 54.6 Å². The van der Waals surface area contributed by atoms with E-state index >= 15 is 0 Å². The van der Waals surface area contributed by atoms with E-state index in [-0.39, 0.29) is 18.3 Å². The molecule has 2 aromatic rings. The number of nitrogens with zero attached hydrogens (tertiary/aromatic N) is 2. The summed E-state index contributed by atoms with van der Waals surface area (Å²) in [6, 6.07) is 16.1. The van der Waals surface area contributed by atoms with Crippen LogP contribution in [0, 0.1) is 0 Å². The molecule has 0 aromatic heterocycles. The number of carbonyl (C=O) groups excluding carboxylic acids is 1. The molecule has 2 aromatic carbocycles. The van der Waals surface area contributed by atoms with Gasteiger partial charge < -0.3 is 19.8 Å². The summed E-state index contributed by atoms with van der Waals surface area (Å²) in [5, 5.41) is 18.1. The van der Waals surface area contributed by atoms with Gasteiger partial charge in [-0.05, 0) is 16.7 Å². The van der Waals surface area contributed by atoms with E-state index in [0.717, 1.165) is 11.1 Å². The Morgan fingerprint density at radius 3 is 2.00 bits per heavy atom. The predicted molar refractivity (Wildman–Crippen MR) is 108 cm³/mol. The summed E-state index contributed by atoms with van der Waals surface area (Å²) < 4.78 is 5.37. The Morgan fingerprint density at radius 1 is 0.833 bits per heavy atom. The van der Waals surface area contributed by atoms with E-state index in [9.17, 15) is 14.4 Å². The van der Waals surface area contributed by atoms with E-state index in [1.54, 1.807) is 29.2 Å². The SMILES string of the molecule is O=C(O)C(C(=O)O)c1ccc(CN2CCN(C(=O)OCc3ccccc3)CC2)cc1. The lowest BCUT2D eigenvalue weighted by molar-refractivity contribution is -0.150. The summed E-state index contributed by atoms with van der Waals surface area (Å²) in [6.07, 6.45) is -0.323. The van der Waals surface area contributed by atoms with Crippen molar-refractivity contribution in [3.05, 3.63) is 71.3 Å². The summed E-state index contributed by atoms with van der Waals surface area (Å²) in [5.74, 6) is -4.33. The monoisotopic (exact) mass is 412 g/mol. The van der Waals surface area contributed by atoms with Crippen molar-refractivity contribution in [3.63, 3.8) is 0 Å². The number of hydrogen-bond donors (Lipinski definition) is 2. The van der Waals surface area contributed by atoms with Crippen molar-refractivity contribution in [1.29, 1.82) is 0 Å². The fraction of sp³-hybridized carbons (Fsp3) is 0.318. The first-order chi connectivity index (χ1) is 14.4. The van der Waals surface area contributed by atoms with E-state index in [4.69, 9.17) is 14.9 Å². The average Bonchev–Trinajstić information content (AvgIpc) is 2.74. The number of ether oxygens (including phenoxy) is 1. The summed E-state index contributed by atoms with van der Waals surface area (Å²) in [4.78, 5) is 38.4. The number of carboxylic acids is 2. The van der Waals surface area contributed by atoms with Gasteiger partial charge in [-0.25, -0.2) is 4.79 Å². The second kappa shape index (κ2) is 9.89. The van der Waals surface area contributed by atoms with Gasteiger partial charge in [0.05, 0.1) is 0 Å². The molecule has 0 aliphatic carbocycles. The lowest BCUT2D eigenvalue weighted by Crippen LogP contribution is -2.48. The van der Waals surface area contributed by atoms with Crippen LogP contribution >= 0.6 is 0 Å². The number of carboxylic acid groups (broad SMARTS) is 2. The molecule has 0 bridgehead atoms. The molecule has 1 saturated heterocycles. The van der Waals surface area contributed by atoms with Crippen LogP contribution in [0.25, 0.3) is 0 Å². The van der Waals surface area contributed by atoms with Crippen molar-refractivity contribution >= 4 is 18.0 Å². The van der Waals surface area contributed by atoms with E-state index in [2.05, 4.69) is 4.90 Å². The quantitative estimate of drug-likeness (QED) is 0.673. The van der Waals surface area contributed by atoms with Gasteiger partial charge in [0.25, 0.3) is 0 Å². The fourth-order valence-electron chi connectivity index (χ4n) is 3.36. The minimum atomic E-state index is -1.57. The van der Waals surface area contributed by atoms with Gasteiger partial charge in [-0.2, -0.15) is 0 Å². The van der Waals surface area contributed by atoms with E-state index in [1.807, 2.05) is 30.3 Å². The Hall–Kier alpha value is -3.39. The van der Waals surface area contributed by atoms with Crippen LogP contribution in [0.15, 0.2) is 54.6 Å². The largest absolute Gasteiger partial charge is 0.480 e. The topological polar surface area (TPSA) is 107 Å². The van der Waals surface area contributed by atoms with Crippen LogP contribution < -0.4 is 0 Å². The lowest BCUT2D eigenvalue weighted by Gasteiger charge is -2.34. The van der Waals surface area contributed by atoms with Gasteiger partial charge in [-0.15, -0.1) is 0 Å². The third-order valence-electron chi connectivity index (χ3n) is 5.05. The molecule has 1 amide bonds. The van der Waals surface area contributed by atoms with Gasteiger partial charge in [0.1, 0.15) is 6.61 Å². The molecule has 2 N–H and O–H groups in total. The summed E-state index contributed by atoms with van der Waals surface area (Å²) in [5.41, 5.74) is 2.14. The molecule has 1 aliphatic rings. The Kier molecular flexibility index (Phi) is 7.03. The maximum absolute atomic E-state index is 12.2. The summed E-state index contributed by atoms with van der Waals surface area (Å²) >= 11 is 0. The second-order valence-corrected chi connectivity index (χ2v) is 7.15. The Balaban J connectivity index is 1.47. The van der Waals surface area contributed by atoms with Gasteiger partial charge >= 0.3 is 18.0 Å². The molecular weight excluding hydrogens is 388 g/mol. The van der Waals surface area contributed by atoms with Crippen molar-refractivity contribution in [1.82, 2.24) is 9.80 Å². The van der Waals surface area contributed by atoms with Gasteiger partial charge in [0.15, 0.2) is 5.92 Å². The number of amides is 1. The zero-order valence-corrected chi connectivity index (χ0v) is 16.4. The minimum Gasteiger partial charge on any atom is -0.480 e. The molecule has 158 valence electrons. The highest BCUT2D eigenvalue weighted by atomic mass is 16.6. The van der Waals surface area contributed by atoms with E-state index in [1.165, 1.54) is 0 Å². The first-order valence-electron chi connectivity index (χ1n) is 9.66. The normalized spacial score (nSPS) is 14.5. The molecule has 0 saturated carbocycles. The predicted octanol–water partition coefficient (Wildman–Crippen LogP) is 2.39. The molecule has 1 heterocycles. The number of hydrogen-bond acceptors (Lipinski definition) is 5. The van der Waals surface area contributed by atoms with Crippen LogP contribution in [-0.2, 0) is 27.5 Å². The zero-order chi connectivity index (χ0) is 21.5. The molecule has 0 spiro atoms. The maximum atomic E-state index is 12.2. The van der Waals surface area contributed by atoms with Crippen LogP contribution in [0.3, 0.4) is 0 Å². The van der Waals surface area contributed by atoms with Crippen molar-refractivity contribution in [2.45, 2.75) is 19.1 Å². The third kappa shape index (κ3) is 5.57. The summed E-state index contributed by atoms with van der Waals surface area (Å²) in [7, 11) is 0. The highest BCUT2D eigenvalue weighted by Crippen LogP contribution is 2.18. The highest BCUT2D eigenvalue weighted by molar-refractivity contribution is 5.98. The molecule has 0 unspecified atom stereocenters. The van der Waals surface area contributed by atoms with Crippen molar-refractivity contribution < 1.29 is 29.3 Å².